The maximum atomic E-state index is 14.2. The average molecular weight is 735 g/mol. The largest absolute Gasteiger partial charge is 0.416 e. The molecular weight excluding hydrogens is 692 g/mol. The Morgan fingerprint density at radius 1 is 0.569 bits per heavy atom. The minimum absolute atomic E-state index is 0.0487. The summed E-state index contributed by atoms with van der Waals surface area (Å²) in [5.41, 5.74) is 2.81. The van der Waals surface area contributed by atoms with E-state index in [1.54, 1.807) is 26.0 Å². The summed E-state index contributed by atoms with van der Waals surface area (Å²) in [6.07, 6.45) is -6.46. The Kier molecular flexibility index (Phi) is 10.9. The monoisotopic (exact) mass is 734 g/mol. The van der Waals surface area contributed by atoms with Gasteiger partial charge in [0, 0.05) is 0 Å². The van der Waals surface area contributed by atoms with Crippen LogP contribution in [-0.2, 0) is 12.4 Å². The van der Waals surface area contributed by atoms with E-state index in [1.165, 1.54) is 44.7 Å². The molecule has 6 rings (SSSR count). The van der Waals surface area contributed by atoms with Crippen LogP contribution < -0.4 is 26.5 Å². The second-order valence-electron chi connectivity index (χ2n) is 13.9. The zero-order valence-corrected chi connectivity index (χ0v) is 31.2. The average Bonchev–Trinajstić information content (AvgIpc) is 3.56. The molecule has 0 spiro atoms. The first-order valence-electron chi connectivity index (χ1n) is 17.3. The maximum absolute atomic E-state index is 14.2. The minimum atomic E-state index is -4.58. The van der Waals surface area contributed by atoms with Crippen molar-refractivity contribution in [2.45, 2.75) is 77.8 Å². The number of hydrogen-bond donors (Lipinski definition) is 0. The van der Waals surface area contributed by atoms with Gasteiger partial charge in [-0.05, 0) is 152 Å². The van der Waals surface area contributed by atoms with E-state index in [9.17, 15) is 26.3 Å². The van der Waals surface area contributed by atoms with E-state index in [-0.39, 0.29) is 17.5 Å². The van der Waals surface area contributed by atoms with Crippen LogP contribution in [0, 0.1) is 33.6 Å². The van der Waals surface area contributed by atoms with E-state index in [4.69, 9.17) is 0 Å². The normalized spacial score (nSPS) is 17.4. The number of aryl methyl sites for hydroxylation is 4. The standard InChI is InChI=1S/C43H42F6P2/c1-27-21-32(42(44,45)46)25-34(23-27)50(35-24-28(2)22-33(26-35)43(47,48)49)31(5)36-16-12-17-37(36)38-15-8-11-20-41(38)51(39-18-9-6-13-29(39)3)40-19-10-7-14-30(40)4/h6-11,13-15,18-26,31,36-37H,12,16-17H2,1-5H3/t31-,36?,37?/m1/s1. The number of halogens is 6. The third kappa shape index (κ3) is 7.98. The molecular formula is C43H42F6P2. The van der Waals surface area contributed by atoms with Gasteiger partial charge in [-0.2, -0.15) is 26.3 Å². The van der Waals surface area contributed by atoms with Crippen LogP contribution in [0.15, 0.2) is 109 Å². The first-order chi connectivity index (χ1) is 24.1. The van der Waals surface area contributed by atoms with Gasteiger partial charge in [-0.25, -0.2) is 0 Å². The summed E-state index contributed by atoms with van der Waals surface area (Å²) in [7, 11) is -2.57. The zero-order chi connectivity index (χ0) is 36.7. The van der Waals surface area contributed by atoms with E-state index in [0.29, 0.717) is 21.7 Å². The highest BCUT2D eigenvalue weighted by Gasteiger charge is 2.41. The molecule has 266 valence electrons. The predicted molar refractivity (Wildman–Crippen MR) is 203 cm³/mol. The molecule has 5 aromatic carbocycles. The molecule has 51 heavy (non-hydrogen) atoms. The van der Waals surface area contributed by atoms with Gasteiger partial charge in [-0.1, -0.05) is 98.3 Å². The van der Waals surface area contributed by atoms with Gasteiger partial charge < -0.3 is 0 Å². The van der Waals surface area contributed by atoms with Crippen molar-refractivity contribution in [2.24, 2.45) is 5.92 Å². The SMILES string of the molecule is Cc1cc(P(c2cc(C)cc(C(F)(F)F)c2)[C@H](C)C2CCCC2c2ccccc2P(c2ccccc2C)c2ccccc2C)cc(C(F)(F)F)c1. The van der Waals surface area contributed by atoms with Crippen molar-refractivity contribution in [3.8, 4) is 0 Å². The number of hydrogen-bond acceptors (Lipinski definition) is 0. The molecule has 1 fully saturated rings. The molecule has 0 amide bonds. The van der Waals surface area contributed by atoms with Crippen molar-refractivity contribution in [2.75, 3.05) is 0 Å². The first kappa shape index (κ1) is 37.3. The Balaban J connectivity index is 1.51. The third-order valence-corrected chi connectivity index (χ3v) is 15.9. The topological polar surface area (TPSA) is 0 Å². The van der Waals surface area contributed by atoms with Crippen molar-refractivity contribution in [3.05, 3.63) is 148 Å². The van der Waals surface area contributed by atoms with E-state index in [2.05, 4.69) is 93.6 Å². The highest BCUT2D eigenvalue weighted by atomic mass is 31.1. The summed E-state index contributed by atoms with van der Waals surface area (Å²) < 4.78 is 85.2. The lowest BCUT2D eigenvalue weighted by Gasteiger charge is -2.36. The van der Waals surface area contributed by atoms with Crippen molar-refractivity contribution < 1.29 is 26.3 Å². The van der Waals surface area contributed by atoms with E-state index >= 15 is 0 Å². The van der Waals surface area contributed by atoms with Gasteiger partial charge in [-0.3, -0.25) is 0 Å². The Morgan fingerprint density at radius 2 is 1.02 bits per heavy atom. The van der Waals surface area contributed by atoms with Crippen molar-refractivity contribution in [1.29, 1.82) is 0 Å². The molecule has 0 saturated heterocycles. The Labute approximate surface area is 299 Å². The quantitative estimate of drug-likeness (QED) is 0.110. The minimum Gasteiger partial charge on any atom is -0.166 e. The lowest BCUT2D eigenvalue weighted by atomic mass is 9.87. The van der Waals surface area contributed by atoms with Crippen LogP contribution >= 0.6 is 15.8 Å². The number of rotatable bonds is 8. The fourth-order valence-corrected chi connectivity index (χ4v) is 14.0. The molecule has 8 heteroatoms. The molecule has 1 saturated carbocycles. The van der Waals surface area contributed by atoms with E-state index in [1.807, 2.05) is 0 Å². The number of alkyl halides is 6. The van der Waals surface area contributed by atoms with Crippen LogP contribution in [0.3, 0.4) is 0 Å². The van der Waals surface area contributed by atoms with Crippen LogP contribution in [-0.4, -0.2) is 5.66 Å². The van der Waals surface area contributed by atoms with Crippen LogP contribution in [0.1, 0.15) is 71.0 Å². The highest BCUT2D eigenvalue weighted by Crippen LogP contribution is 2.54. The molecule has 1 aliphatic carbocycles. The Bertz CT molecular complexity index is 1900. The van der Waals surface area contributed by atoms with Gasteiger partial charge >= 0.3 is 12.4 Å². The summed E-state index contributed by atoms with van der Waals surface area (Å²) >= 11 is 0. The zero-order valence-electron chi connectivity index (χ0n) is 29.4. The van der Waals surface area contributed by atoms with Crippen molar-refractivity contribution >= 4 is 42.4 Å². The van der Waals surface area contributed by atoms with Gasteiger partial charge in [0.05, 0.1) is 11.1 Å². The van der Waals surface area contributed by atoms with Crippen molar-refractivity contribution in [3.63, 3.8) is 0 Å². The maximum Gasteiger partial charge on any atom is 0.416 e. The third-order valence-electron chi connectivity index (χ3n) is 10.2. The second kappa shape index (κ2) is 14.9. The Morgan fingerprint density at radius 3 is 1.49 bits per heavy atom. The van der Waals surface area contributed by atoms with Gasteiger partial charge in [0.15, 0.2) is 0 Å². The summed E-state index contributed by atoms with van der Waals surface area (Å²) in [6, 6.07) is 33.7. The van der Waals surface area contributed by atoms with E-state index < -0.39 is 39.3 Å². The van der Waals surface area contributed by atoms with E-state index in [0.717, 1.165) is 31.4 Å². The smallest absolute Gasteiger partial charge is 0.166 e. The molecule has 0 N–H and O–H groups in total. The van der Waals surface area contributed by atoms with Gasteiger partial charge in [0.25, 0.3) is 0 Å². The lowest BCUT2D eigenvalue weighted by Crippen LogP contribution is -2.32. The van der Waals surface area contributed by atoms with Gasteiger partial charge in [-0.15, -0.1) is 0 Å². The van der Waals surface area contributed by atoms with Gasteiger partial charge in [0.2, 0.25) is 0 Å². The predicted octanol–water partition coefficient (Wildman–Crippen LogP) is 11.1. The second-order valence-corrected chi connectivity index (χ2v) is 18.6. The fourth-order valence-electron chi connectivity index (χ4n) is 7.92. The first-order valence-corrected chi connectivity index (χ1v) is 20.1. The summed E-state index contributed by atoms with van der Waals surface area (Å²) in [6.45, 7) is 9.61. The highest BCUT2D eigenvalue weighted by molar-refractivity contribution is 7.80. The molecule has 1 aliphatic rings. The van der Waals surface area contributed by atoms with Crippen LogP contribution in [0.2, 0.25) is 0 Å². The molecule has 5 aromatic rings. The summed E-state index contributed by atoms with van der Waals surface area (Å²) in [5, 5.41) is 4.74. The molecule has 2 unspecified atom stereocenters. The molecule has 0 heterocycles. The summed E-state index contributed by atoms with van der Waals surface area (Å²) in [5.74, 6) is 0.144. The van der Waals surface area contributed by atoms with Crippen LogP contribution in [0.25, 0.3) is 0 Å². The lowest BCUT2D eigenvalue weighted by molar-refractivity contribution is -0.138. The van der Waals surface area contributed by atoms with Crippen LogP contribution in [0.4, 0.5) is 26.3 Å². The molecule has 0 radical (unpaired) electrons. The fraction of sp³-hybridized carbons (Fsp3) is 0.302. The molecule has 3 atom stereocenters. The molecule has 0 aromatic heterocycles. The molecule has 0 aliphatic heterocycles. The Hall–Kier alpha value is -3.46. The number of benzene rings is 5. The molecule has 0 bridgehead atoms. The van der Waals surface area contributed by atoms with Gasteiger partial charge in [0.1, 0.15) is 0 Å². The summed E-state index contributed by atoms with van der Waals surface area (Å²) in [4.78, 5) is 0. The van der Waals surface area contributed by atoms with Crippen LogP contribution in [0.5, 0.6) is 0 Å². The molecule has 0 nitrogen and oxygen atoms in total. The van der Waals surface area contributed by atoms with Crippen molar-refractivity contribution in [1.82, 2.24) is 0 Å².